The van der Waals surface area contributed by atoms with Crippen molar-refractivity contribution in [3.8, 4) is 0 Å². The first kappa shape index (κ1) is 9.52. The van der Waals surface area contributed by atoms with E-state index in [0.29, 0.717) is 12.4 Å². The maximum Gasteiger partial charge on any atom is 0.154 e. The van der Waals surface area contributed by atoms with Gasteiger partial charge in [-0.15, -0.1) is 0 Å². The lowest BCUT2D eigenvalue weighted by atomic mass is 10.1. The van der Waals surface area contributed by atoms with Crippen LogP contribution in [-0.2, 0) is 0 Å². The maximum atomic E-state index is 13.5. The zero-order valence-corrected chi connectivity index (χ0v) is 8.54. The molecule has 0 saturated heterocycles. The lowest BCUT2D eigenvalue weighted by Crippen LogP contribution is -2.16. The van der Waals surface area contributed by atoms with Crippen LogP contribution in [0.25, 0.3) is 0 Å². The van der Waals surface area contributed by atoms with Gasteiger partial charge < -0.3 is 10.2 Å². The van der Waals surface area contributed by atoms with Crippen molar-refractivity contribution in [3.05, 3.63) is 22.2 Å². The molecule has 14 heavy (non-hydrogen) atoms. The number of anilines is 2. The molecule has 0 radical (unpaired) electrons. The van der Waals surface area contributed by atoms with Crippen LogP contribution in [0.5, 0.6) is 0 Å². The van der Waals surface area contributed by atoms with Gasteiger partial charge in [0, 0.05) is 12.6 Å². The quantitative estimate of drug-likeness (QED) is 0.674. The average molecular weight is 219 g/mol. The van der Waals surface area contributed by atoms with Crippen LogP contribution in [0.15, 0.2) is 0 Å². The molecule has 1 aromatic rings. The van der Waals surface area contributed by atoms with Gasteiger partial charge in [-0.1, -0.05) is 11.6 Å². The fourth-order valence-electron chi connectivity index (χ4n) is 1.56. The fourth-order valence-corrected chi connectivity index (χ4v) is 1.94. The number of nitrogens with one attached hydrogen (secondary N) is 1. The normalized spacial score (nSPS) is 14.2. The van der Waals surface area contributed by atoms with Crippen molar-refractivity contribution in [2.75, 3.05) is 23.9 Å². The van der Waals surface area contributed by atoms with Crippen molar-refractivity contribution in [1.82, 2.24) is 0 Å². The summed E-state index contributed by atoms with van der Waals surface area (Å²) < 4.78 is 26.9. The predicted octanol–water partition coefficient (Wildman–Crippen LogP) is 2.75. The molecule has 1 N–H and O–H groups in total. The second kappa shape index (κ2) is 2.98. The van der Waals surface area contributed by atoms with Crippen LogP contribution < -0.4 is 10.2 Å². The first-order chi connectivity index (χ1) is 6.54. The topological polar surface area (TPSA) is 15.3 Å². The number of rotatable bonds is 0. The zero-order valence-electron chi connectivity index (χ0n) is 7.79. The summed E-state index contributed by atoms with van der Waals surface area (Å²) in [4.78, 5) is 1.67. The molecule has 0 spiro atoms. The van der Waals surface area contributed by atoms with E-state index in [9.17, 15) is 8.78 Å². The minimum Gasteiger partial charge on any atom is -0.364 e. The number of hydrogen-bond acceptors (Lipinski definition) is 2. The Morgan fingerprint density at radius 2 is 2.00 bits per heavy atom. The van der Waals surface area contributed by atoms with Crippen molar-refractivity contribution in [2.24, 2.45) is 0 Å². The Morgan fingerprint density at radius 3 is 2.64 bits per heavy atom. The van der Waals surface area contributed by atoms with Crippen LogP contribution in [0.3, 0.4) is 0 Å². The SMILES string of the molecule is Cc1c(F)c(Cl)c2c(c1F)NCN2C. The summed E-state index contributed by atoms with van der Waals surface area (Å²) in [5, 5.41) is 2.81. The summed E-state index contributed by atoms with van der Waals surface area (Å²) in [6, 6.07) is 0. The van der Waals surface area contributed by atoms with Crippen LogP contribution in [0.2, 0.25) is 5.02 Å². The van der Waals surface area contributed by atoms with Crippen molar-refractivity contribution in [3.63, 3.8) is 0 Å². The summed E-state index contributed by atoms with van der Waals surface area (Å²) in [6.45, 7) is 1.81. The number of benzene rings is 1. The molecule has 0 fully saturated rings. The number of nitrogens with zero attached hydrogens (tertiary/aromatic N) is 1. The van der Waals surface area contributed by atoms with Gasteiger partial charge >= 0.3 is 0 Å². The molecule has 1 aromatic carbocycles. The summed E-state index contributed by atoms with van der Waals surface area (Å²) in [6.07, 6.45) is 0. The van der Waals surface area contributed by atoms with Crippen LogP contribution >= 0.6 is 11.6 Å². The molecular formula is C9H9ClF2N2. The minimum absolute atomic E-state index is 0.0219. The highest BCUT2D eigenvalue weighted by molar-refractivity contribution is 6.34. The van der Waals surface area contributed by atoms with Crippen LogP contribution in [-0.4, -0.2) is 13.7 Å². The second-order valence-electron chi connectivity index (χ2n) is 3.32. The number of hydrogen-bond donors (Lipinski definition) is 1. The van der Waals surface area contributed by atoms with E-state index in [-0.39, 0.29) is 16.3 Å². The van der Waals surface area contributed by atoms with E-state index < -0.39 is 11.6 Å². The number of halogens is 3. The van der Waals surface area contributed by atoms with Gasteiger partial charge in [-0.3, -0.25) is 0 Å². The van der Waals surface area contributed by atoms with Gasteiger partial charge in [0.05, 0.1) is 18.0 Å². The first-order valence-electron chi connectivity index (χ1n) is 4.16. The molecule has 0 saturated carbocycles. The van der Waals surface area contributed by atoms with Crippen molar-refractivity contribution >= 4 is 23.0 Å². The molecule has 5 heteroatoms. The van der Waals surface area contributed by atoms with Crippen molar-refractivity contribution in [2.45, 2.75) is 6.92 Å². The highest BCUT2D eigenvalue weighted by Crippen LogP contribution is 2.42. The van der Waals surface area contributed by atoms with E-state index in [0.717, 1.165) is 0 Å². The maximum absolute atomic E-state index is 13.5. The lowest BCUT2D eigenvalue weighted by molar-refractivity contribution is 0.572. The molecule has 0 amide bonds. The number of fused-ring (bicyclic) bond motifs is 1. The van der Waals surface area contributed by atoms with Crippen molar-refractivity contribution < 1.29 is 8.78 Å². The third kappa shape index (κ3) is 1.07. The van der Waals surface area contributed by atoms with Gasteiger partial charge in [-0.25, -0.2) is 8.78 Å². The third-order valence-corrected chi connectivity index (χ3v) is 2.74. The molecule has 1 aliphatic heterocycles. The fraction of sp³-hybridized carbons (Fsp3) is 0.333. The van der Waals surface area contributed by atoms with Crippen LogP contribution in [0.4, 0.5) is 20.2 Å². The van der Waals surface area contributed by atoms with E-state index >= 15 is 0 Å². The molecule has 0 bridgehead atoms. The van der Waals surface area contributed by atoms with E-state index in [1.807, 2.05) is 0 Å². The first-order valence-corrected chi connectivity index (χ1v) is 4.54. The third-order valence-electron chi connectivity index (χ3n) is 2.39. The van der Waals surface area contributed by atoms with Crippen LogP contribution in [0, 0.1) is 18.6 Å². The standard InChI is InChI=1S/C9H9ClF2N2/c1-4-6(11)5(10)9-8(7(4)12)13-3-14(9)2/h13H,3H2,1-2H3. The van der Waals surface area contributed by atoms with Gasteiger partial charge in [0.1, 0.15) is 10.8 Å². The Morgan fingerprint density at radius 1 is 1.36 bits per heavy atom. The Balaban J connectivity index is 2.77. The molecule has 0 atom stereocenters. The highest BCUT2D eigenvalue weighted by atomic mass is 35.5. The second-order valence-corrected chi connectivity index (χ2v) is 3.70. The zero-order chi connectivity index (χ0) is 10.5. The molecule has 76 valence electrons. The molecule has 0 aromatic heterocycles. The summed E-state index contributed by atoms with van der Waals surface area (Å²) in [5.41, 5.74) is 0.639. The van der Waals surface area contributed by atoms with Gasteiger partial charge in [0.2, 0.25) is 0 Å². The van der Waals surface area contributed by atoms with Gasteiger partial charge in [0.25, 0.3) is 0 Å². The molecule has 2 nitrogen and oxygen atoms in total. The minimum atomic E-state index is -0.682. The molecular weight excluding hydrogens is 210 g/mol. The molecule has 0 aliphatic carbocycles. The Bertz CT molecular complexity index is 407. The summed E-state index contributed by atoms with van der Waals surface area (Å²) in [5.74, 6) is -1.25. The van der Waals surface area contributed by atoms with Crippen LogP contribution in [0.1, 0.15) is 5.56 Å². The smallest absolute Gasteiger partial charge is 0.154 e. The molecule has 1 aliphatic rings. The Labute approximate surface area is 85.5 Å². The van der Waals surface area contributed by atoms with Gasteiger partial charge in [-0.2, -0.15) is 0 Å². The lowest BCUT2D eigenvalue weighted by Gasteiger charge is -2.13. The summed E-state index contributed by atoms with van der Waals surface area (Å²) >= 11 is 5.79. The van der Waals surface area contributed by atoms with Crippen molar-refractivity contribution in [1.29, 1.82) is 0 Å². The molecule has 0 unspecified atom stereocenters. The van der Waals surface area contributed by atoms with E-state index in [4.69, 9.17) is 11.6 Å². The van der Waals surface area contributed by atoms with E-state index in [1.165, 1.54) is 6.92 Å². The molecule has 1 heterocycles. The Kier molecular flexibility index (Phi) is 2.03. The monoisotopic (exact) mass is 218 g/mol. The Hall–Kier alpha value is -1.03. The largest absolute Gasteiger partial charge is 0.364 e. The van der Waals surface area contributed by atoms with E-state index in [1.54, 1.807) is 11.9 Å². The highest BCUT2D eigenvalue weighted by Gasteiger charge is 2.27. The van der Waals surface area contributed by atoms with Gasteiger partial charge in [-0.05, 0) is 6.92 Å². The van der Waals surface area contributed by atoms with E-state index in [2.05, 4.69) is 5.32 Å². The molecule has 2 rings (SSSR count). The summed E-state index contributed by atoms with van der Waals surface area (Å²) in [7, 11) is 1.72. The predicted molar refractivity (Wildman–Crippen MR) is 53.0 cm³/mol. The van der Waals surface area contributed by atoms with Gasteiger partial charge in [0.15, 0.2) is 5.82 Å². The average Bonchev–Trinajstić information content (AvgIpc) is 2.54.